The Morgan fingerprint density at radius 2 is 1.21 bits per heavy atom. The van der Waals surface area contributed by atoms with E-state index in [0.29, 0.717) is 0 Å². The predicted molar refractivity (Wildman–Crippen MR) is 64.5 cm³/mol. The Labute approximate surface area is 112 Å². The molecule has 2 aliphatic heterocycles. The number of fused-ring (bicyclic) bond motifs is 3. The van der Waals surface area contributed by atoms with Gasteiger partial charge in [-0.15, -0.1) is 0 Å². The smallest absolute Gasteiger partial charge is 0.164 e. The van der Waals surface area contributed by atoms with Crippen LogP contribution in [0.5, 0.6) is 0 Å². The molecule has 1 saturated carbocycles. The average molecular weight is 274 g/mol. The fourth-order valence-corrected chi connectivity index (χ4v) is 3.32. The zero-order valence-corrected chi connectivity index (χ0v) is 12.0. The van der Waals surface area contributed by atoms with Crippen molar-refractivity contribution < 1.29 is 28.8 Å². The molecule has 0 aromatic carbocycles. The maximum atomic E-state index is 10.4. The van der Waals surface area contributed by atoms with Gasteiger partial charge in [-0.05, 0) is 27.7 Å². The number of rotatable bonds is 1. The third-order valence-electron chi connectivity index (χ3n) is 3.92. The van der Waals surface area contributed by atoms with Gasteiger partial charge in [-0.25, -0.2) is 0 Å². The number of aliphatic hydroxyl groups is 1. The molecular weight excluding hydrogens is 252 g/mol. The lowest BCUT2D eigenvalue weighted by Gasteiger charge is -2.39. The van der Waals surface area contributed by atoms with Gasteiger partial charge >= 0.3 is 0 Å². The molecule has 0 aromatic heterocycles. The summed E-state index contributed by atoms with van der Waals surface area (Å²) in [6.07, 6.45) is -2.73. The standard InChI is InChI=1S/C13H22O6/c1-12(2)16-8-6(14)7(15-5)9-11(10(8)18-12)19-13(3,4)17-9/h6-11,14H,1-5H3/t6?,7-,8+,9+,10+,11+/m0/s1. The summed E-state index contributed by atoms with van der Waals surface area (Å²) in [4.78, 5) is 0. The highest BCUT2D eigenvalue weighted by Gasteiger charge is 2.63. The van der Waals surface area contributed by atoms with Crippen molar-refractivity contribution in [2.75, 3.05) is 7.11 Å². The van der Waals surface area contributed by atoms with E-state index in [1.807, 2.05) is 27.7 Å². The van der Waals surface area contributed by atoms with Crippen LogP contribution in [-0.2, 0) is 23.7 Å². The molecule has 2 saturated heterocycles. The van der Waals surface area contributed by atoms with E-state index < -0.39 is 29.9 Å². The summed E-state index contributed by atoms with van der Waals surface area (Å²) in [5, 5.41) is 10.4. The van der Waals surface area contributed by atoms with Crippen molar-refractivity contribution in [1.82, 2.24) is 0 Å². The Balaban J connectivity index is 1.93. The zero-order valence-electron chi connectivity index (χ0n) is 12.0. The molecule has 110 valence electrons. The second-order valence-electron chi connectivity index (χ2n) is 6.32. The Kier molecular flexibility index (Phi) is 2.98. The Hall–Kier alpha value is -0.240. The monoisotopic (exact) mass is 274 g/mol. The molecule has 3 rings (SSSR count). The molecule has 0 aromatic rings. The van der Waals surface area contributed by atoms with Crippen molar-refractivity contribution in [3.63, 3.8) is 0 Å². The quantitative estimate of drug-likeness (QED) is 0.747. The minimum atomic E-state index is -0.796. The Bertz CT molecular complexity index is 368. The molecule has 6 atom stereocenters. The van der Waals surface area contributed by atoms with E-state index in [9.17, 15) is 5.11 Å². The van der Waals surface area contributed by atoms with Crippen molar-refractivity contribution >= 4 is 0 Å². The first-order valence-corrected chi connectivity index (χ1v) is 6.66. The number of hydrogen-bond acceptors (Lipinski definition) is 6. The molecular formula is C13H22O6. The van der Waals surface area contributed by atoms with Crippen LogP contribution in [0.15, 0.2) is 0 Å². The van der Waals surface area contributed by atoms with Gasteiger partial charge in [0.2, 0.25) is 0 Å². The fraction of sp³-hybridized carbons (Fsp3) is 1.00. The lowest BCUT2D eigenvalue weighted by molar-refractivity contribution is -0.188. The molecule has 3 fully saturated rings. The highest BCUT2D eigenvalue weighted by molar-refractivity contribution is 5.08. The van der Waals surface area contributed by atoms with Crippen molar-refractivity contribution in [2.24, 2.45) is 0 Å². The number of hydrogen-bond donors (Lipinski definition) is 1. The van der Waals surface area contributed by atoms with Crippen molar-refractivity contribution in [3.05, 3.63) is 0 Å². The summed E-state index contributed by atoms with van der Waals surface area (Å²) >= 11 is 0. The third-order valence-corrected chi connectivity index (χ3v) is 3.92. The molecule has 6 heteroatoms. The van der Waals surface area contributed by atoms with E-state index in [1.165, 1.54) is 0 Å². The molecule has 0 radical (unpaired) electrons. The molecule has 1 aliphatic carbocycles. The Morgan fingerprint density at radius 3 is 1.74 bits per heavy atom. The third kappa shape index (κ3) is 2.11. The molecule has 0 spiro atoms. The van der Waals surface area contributed by atoms with Crippen LogP contribution in [0.3, 0.4) is 0 Å². The van der Waals surface area contributed by atoms with Gasteiger partial charge in [0.25, 0.3) is 0 Å². The number of methoxy groups -OCH3 is 1. The maximum absolute atomic E-state index is 10.4. The van der Waals surface area contributed by atoms with Crippen LogP contribution >= 0.6 is 0 Å². The molecule has 6 nitrogen and oxygen atoms in total. The molecule has 1 unspecified atom stereocenters. The Morgan fingerprint density at radius 1 is 0.789 bits per heavy atom. The number of ether oxygens (including phenoxy) is 5. The second-order valence-corrected chi connectivity index (χ2v) is 6.32. The van der Waals surface area contributed by atoms with Crippen LogP contribution in [-0.4, -0.2) is 60.4 Å². The number of aliphatic hydroxyl groups excluding tert-OH is 1. The lowest BCUT2D eigenvalue weighted by Crippen LogP contribution is -2.62. The van der Waals surface area contributed by atoms with E-state index in [4.69, 9.17) is 23.7 Å². The lowest BCUT2D eigenvalue weighted by atomic mass is 9.85. The van der Waals surface area contributed by atoms with Gasteiger partial charge in [0.05, 0.1) is 0 Å². The van der Waals surface area contributed by atoms with E-state index in [1.54, 1.807) is 7.11 Å². The SMILES string of the molecule is CO[C@H]1C(O)[C@H]2OC(C)(C)O[C@H]2[C@@H]2OC(C)(C)O[C@@H]21. The van der Waals surface area contributed by atoms with E-state index in [2.05, 4.69) is 0 Å². The zero-order chi connectivity index (χ0) is 14.0. The maximum Gasteiger partial charge on any atom is 0.164 e. The van der Waals surface area contributed by atoms with Gasteiger partial charge in [-0.3, -0.25) is 0 Å². The first kappa shape index (κ1) is 13.7. The van der Waals surface area contributed by atoms with Crippen LogP contribution in [0.1, 0.15) is 27.7 Å². The summed E-state index contributed by atoms with van der Waals surface area (Å²) < 4.78 is 28.8. The summed E-state index contributed by atoms with van der Waals surface area (Å²) in [5.41, 5.74) is 0. The van der Waals surface area contributed by atoms with Crippen LogP contribution in [0.25, 0.3) is 0 Å². The van der Waals surface area contributed by atoms with Gasteiger partial charge in [0.1, 0.15) is 36.6 Å². The molecule has 2 heterocycles. The normalized spacial score (nSPS) is 50.8. The van der Waals surface area contributed by atoms with Crippen LogP contribution in [0.2, 0.25) is 0 Å². The molecule has 0 amide bonds. The van der Waals surface area contributed by atoms with Gasteiger partial charge in [0, 0.05) is 7.11 Å². The minimum Gasteiger partial charge on any atom is -0.387 e. The predicted octanol–water partition coefficient (Wildman–Crippen LogP) is 0.416. The molecule has 1 N–H and O–H groups in total. The van der Waals surface area contributed by atoms with Crippen molar-refractivity contribution in [3.8, 4) is 0 Å². The van der Waals surface area contributed by atoms with Crippen molar-refractivity contribution in [2.45, 2.75) is 75.9 Å². The minimum absolute atomic E-state index is 0.296. The van der Waals surface area contributed by atoms with Gasteiger partial charge in [-0.1, -0.05) is 0 Å². The molecule has 19 heavy (non-hydrogen) atoms. The fourth-order valence-electron chi connectivity index (χ4n) is 3.32. The largest absolute Gasteiger partial charge is 0.387 e. The highest BCUT2D eigenvalue weighted by Crippen LogP contribution is 2.45. The van der Waals surface area contributed by atoms with Crippen LogP contribution < -0.4 is 0 Å². The van der Waals surface area contributed by atoms with Gasteiger partial charge in [-0.2, -0.15) is 0 Å². The summed E-state index contributed by atoms with van der Waals surface area (Å²) in [5.74, 6) is -1.45. The van der Waals surface area contributed by atoms with E-state index in [-0.39, 0.29) is 18.3 Å². The first-order chi connectivity index (χ1) is 8.74. The average Bonchev–Trinajstić information content (AvgIpc) is 2.75. The van der Waals surface area contributed by atoms with Gasteiger partial charge in [0.15, 0.2) is 11.6 Å². The first-order valence-electron chi connectivity index (χ1n) is 6.66. The van der Waals surface area contributed by atoms with Crippen LogP contribution in [0, 0.1) is 0 Å². The summed E-state index contributed by atoms with van der Waals surface area (Å²) in [6, 6.07) is 0. The van der Waals surface area contributed by atoms with E-state index >= 15 is 0 Å². The summed E-state index contributed by atoms with van der Waals surface area (Å²) in [7, 11) is 1.56. The molecule has 3 aliphatic rings. The second kappa shape index (κ2) is 4.13. The summed E-state index contributed by atoms with van der Waals surface area (Å²) in [6.45, 7) is 7.35. The van der Waals surface area contributed by atoms with E-state index in [0.717, 1.165) is 0 Å². The topological polar surface area (TPSA) is 66.4 Å². The van der Waals surface area contributed by atoms with Gasteiger partial charge < -0.3 is 28.8 Å². The van der Waals surface area contributed by atoms with Crippen molar-refractivity contribution in [1.29, 1.82) is 0 Å². The van der Waals surface area contributed by atoms with Crippen LogP contribution in [0.4, 0.5) is 0 Å². The molecule has 0 bridgehead atoms. The highest BCUT2D eigenvalue weighted by atomic mass is 16.8.